The summed E-state index contributed by atoms with van der Waals surface area (Å²) in [5.74, 6) is 0. The molecule has 22 heavy (non-hydrogen) atoms. The lowest BCUT2D eigenvalue weighted by atomic mass is 9.80. The summed E-state index contributed by atoms with van der Waals surface area (Å²) in [6, 6.07) is 17.0. The lowest BCUT2D eigenvalue weighted by Gasteiger charge is -2.38. The van der Waals surface area contributed by atoms with Gasteiger partial charge in [0.1, 0.15) is 0 Å². The fraction of sp³-hybridized carbons (Fsp3) is 0.400. The monoisotopic (exact) mass is 295 g/mol. The predicted molar refractivity (Wildman–Crippen MR) is 91.9 cm³/mol. The quantitative estimate of drug-likeness (QED) is 0.930. The minimum Gasteiger partial charge on any atom is -0.385 e. The minimum atomic E-state index is -0.704. The highest BCUT2D eigenvalue weighted by Gasteiger charge is 2.34. The van der Waals surface area contributed by atoms with Crippen molar-refractivity contribution in [3.63, 3.8) is 0 Å². The Kier molecular flexibility index (Phi) is 4.32. The Morgan fingerprint density at radius 3 is 2.36 bits per heavy atom. The maximum atomic E-state index is 11.2. The first-order chi connectivity index (χ1) is 10.6. The molecule has 0 spiro atoms. The summed E-state index contributed by atoms with van der Waals surface area (Å²) in [5.41, 5.74) is 4.08. The molecule has 1 N–H and O–H groups in total. The van der Waals surface area contributed by atoms with Crippen molar-refractivity contribution in [3.8, 4) is 11.1 Å². The van der Waals surface area contributed by atoms with E-state index in [0.717, 1.165) is 37.9 Å². The van der Waals surface area contributed by atoms with Gasteiger partial charge in [0.25, 0.3) is 0 Å². The van der Waals surface area contributed by atoms with Crippen molar-refractivity contribution >= 4 is 0 Å². The van der Waals surface area contributed by atoms with Crippen LogP contribution in [-0.4, -0.2) is 30.1 Å². The minimum absolute atomic E-state index is 0.704. The summed E-state index contributed by atoms with van der Waals surface area (Å²) in [4.78, 5) is 2.29. The lowest BCUT2D eigenvalue weighted by molar-refractivity contribution is -0.0198. The summed E-state index contributed by atoms with van der Waals surface area (Å²) in [6.45, 7) is 4.06. The summed E-state index contributed by atoms with van der Waals surface area (Å²) < 4.78 is 0. The molecule has 0 saturated carbocycles. The van der Waals surface area contributed by atoms with E-state index in [-0.39, 0.29) is 0 Å². The first-order valence-corrected chi connectivity index (χ1v) is 8.22. The smallest absolute Gasteiger partial charge is 0.0926 e. The zero-order valence-corrected chi connectivity index (χ0v) is 13.5. The molecule has 0 radical (unpaired) electrons. The number of hydrogen-bond acceptors (Lipinski definition) is 2. The first-order valence-electron chi connectivity index (χ1n) is 8.22. The van der Waals surface area contributed by atoms with Crippen LogP contribution in [0.5, 0.6) is 0 Å². The molecule has 0 atom stereocenters. The van der Waals surface area contributed by atoms with Crippen molar-refractivity contribution in [2.75, 3.05) is 20.1 Å². The molecule has 116 valence electrons. The molecule has 0 bridgehead atoms. The van der Waals surface area contributed by atoms with E-state index in [9.17, 15) is 5.11 Å². The fourth-order valence-electron chi connectivity index (χ4n) is 3.33. The molecule has 0 aromatic heterocycles. The van der Waals surface area contributed by atoms with Crippen molar-refractivity contribution in [1.29, 1.82) is 0 Å². The standard InChI is InChI=1S/C20H25NO/c1-3-16-9-10-19(20(22)11-13-21(2)14-12-20)18(15-16)17-7-5-4-6-8-17/h4-10,15,22H,3,11-14H2,1-2H3. The van der Waals surface area contributed by atoms with E-state index in [0.29, 0.717) is 0 Å². The second kappa shape index (κ2) is 6.23. The lowest BCUT2D eigenvalue weighted by Crippen LogP contribution is -2.41. The molecule has 1 aliphatic rings. The van der Waals surface area contributed by atoms with Gasteiger partial charge >= 0.3 is 0 Å². The Labute approximate surface area is 133 Å². The number of aryl methyl sites for hydroxylation is 1. The number of nitrogens with zero attached hydrogens (tertiary/aromatic N) is 1. The van der Waals surface area contributed by atoms with Gasteiger partial charge in [0, 0.05) is 13.1 Å². The summed E-state index contributed by atoms with van der Waals surface area (Å²) in [6.07, 6.45) is 2.62. The van der Waals surface area contributed by atoms with E-state index in [4.69, 9.17) is 0 Å². The predicted octanol–water partition coefficient (Wildman–Crippen LogP) is 3.83. The molecule has 1 heterocycles. The molecular weight excluding hydrogens is 270 g/mol. The molecule has 1 saturated heterocycles. The van der Waals surface area contributed by atoms with Crippen LogP contribution in [0.2, 0.25) is 0 Å². The summed E-state index contributed by atoms with van der Waals surface area (Å²) in [7, 11) is 2.12. The highest BCUT2D eigenvalue weighted by molar-refractivity contribution is 5.69. The Balaban J connectivity index is 2.07. The van der Waals surface area contributed by atoms with E-state index in [2.05, 4.69) is 61.3 Å². The van der Waals surface area contributed by atoms with Gasteiger partial charge in [-0.15, -0.1) is 0 Å². The van der Waals surface area contributed by atoms with Crippen LogP contribution in [0.25, 0.3) is 11.1 Å². The topological polar surface area (TPSA) is 23.5 Å². The van der Waals surface area contributed by atoms with E-state index in [1.165, 1.54) is 16.7 Å². The number of piperidine rings is 1. The van der Waals surface area contributed by atoms with Gasteiger partial charge in [0.05, 0.1) is 5.60 Å². The average Bonchev–Trinajstić information content (AvgIpc) is 2.58. The third-order valence-electron chi connectivity index (χ3n) is 4.89. The molecule has 1 aliphatic heterocycles. The summed E-state index contributed by atoms with van der Waals surface area (Å²) >= 11 is 0. The second-order valence-electron chi connectivity index (χ2n) is 6.43. The van der Waals surface area contributed by atoms with Crippen LogP contribution < -0.4 is 0 Å². The van der Waals surface area contributed by atoms with Crippen molar-refractivity contribution in [3.05, 3.63) is 59.7 Å². The molecule has 0 unspecified atom stereocenters. The van der Waals surface area contributed by atoms with E-state index in [1.807, 2.05) is 6.07 Å². The molecule has 2 aromatic carbocycles. The van der Waals surface area contributed by atoms with Gasteiger partial charge in [-0.3, -0.25) is 0 Å². The van der Waals surface area contributed by atoms with Crippen molar-refractivity contribution < 1.29 is 5.11 Å². The molecule has 2 heteroatoms. The molecular formula is C20H25NO. The van der Waals surface area contributed by atoms with Gasteiger partial charge in [0.2, 0.25) is 0 Å². The number of benzene rings is 2. The van der Waals surface area contributed by atoms with Crippen LogP contribution in [0.4, 0.5) is 0 Å². The highest BCUT2D eigenvalue weighted by atomic mass is 16.3. The molecule has 1 fully saturated rings. The van der Waals surface area contributed by atoms with Crippen LogP contribution in [0, 0.1) is 0 Å². The van der Waals surface area contributed by atoms with Crippen molar-refractivity contribution in [2.45, 2.75) is 31.8 Å². The number of likely N-dealkylation sites (tertiary alicyclic amines) is 1. The van der Waals surface area contributed by atoms with Crippen LogP contribution in [-0.2, 0) is 12.0 Å². The fourth-order valence-corrected chi connectivity index (χ4v) is 3.33. The normalized spacial score (nSPS) is 18.3. The number of hydrogen-bond donors (Lipinski definition) is 1. The van der Waals surface area contributed by atoms with Crippen molar-refractivity contribution in [2.24, 2.45) is 0 Å². The van der Waals surface area contributed by atoms with Crippen LogP contribution in [0.3, 0.4) is 0 Å². The maximum absolute atomic E-state index is 11.2. The highest BCUT2D eigenvalue weighted by Crippen LogP contribution is 2.39. The Hall–Kier alpha value is -1.64. The third-order valence-corrected chi connectivity index (χ3v) is 4.89. The number of aliphatic hydroxyl groups is 1. The molecule has 0 amide bonds. The van der Waals surface area contributed by atoms with Gasteiger partial charge in [0.15, 0.2) is 0 Å². The van der Waals surface area contributed by atoms with Gasteiger partial charge in [-0.1, -0.05) is 55.5 Å². The van der Waals surface area contributed by atoms with E-state index >= 15 is 0 Å². The van der Waals surface area contributed by atoms with E-state index < -0.39 is 5.60 Å². The Morgan fingerprint density at radius 1 is 1.05 bits per heavy atom. The molecule has 2 nitrogen and oxygen atoms in total. The summed E-state index contributed by atoms with van der Waals surface area (Å²) in [5, 5.41) is 11.2. The largest absolute Gasteiger partial charge is 0.385 e. The third kappa shape index (κ3) is 2.94. The second-order valence-corrected chi connectivity index (χ2v) is 6.43. The van der Waals surface area contributed by atoms with Crippen LogP contribution in [0.1, 0.15) is 30.9 Å². The average molecular weight is 295 g/mol. The van der Waals surface area contributed by atoms with Crippen LogP contribution in [0.15, 0.2) is 48.5 Å². The van der Waals surface area contributed by atoms with Gasteiger partial charge in [-0.25, -0.2) is 0 Å². The molecule has 2 aromatic rings. The zero-order chi connectivity index (χ0) is 15.6. The Bertz CT molecular complexity index is 627. The van der Waals surface area contributed by atoms with Gasteiger partial charge in [-0.2, -0.15) is 0 Å². The zero-order valence-electron chi connectivity index (χ0n) is 13.5. The van der Waals surface area contributed by atoms with Gasteiger partial charge in [-0.05, 0) is 48.6 Å². The SMILES string of the molecule is CCc1ccc(C2(O)CCN(C)CC2)c(-c2ccccc2)c1. The van der Waals surface area contributed by atoms with Gasteiger partial charge < -0.3 is 10.0 Å². The first kappa shape index (κ1) is 15.3. The number of rotatable bonds is 3. The maximum Gasteiger partial charge on any atom is 0.0926 e. The van der Waals surface area contributed by atoms with E-state index in [1.54, 1.807) is 0 Å². The van der Waals surface area contributed by atoms with Crippen LogP contribution >= 0.6 is 0 Å². The Morgan fingerprint density at radius 2 is 1.73 bits per heavy atom. The molecule has 0 aliphatic carbocycles. The van der Waals surface area contributed by atoms with Crippen molar-refractivity contribution in [1.82, 2.24) is 4.90 Å². The molecule has 3 rings (SSSR count).